The number of benzene rings is 3. The van der Waals surface area contributed by atoms with Gasteiger partial charge in [0.1, 0.15) is 5.75 Å². The van der Waals surface area contributed by atoms with Gasteiger partial charge in [0, 0.05) is 25.7 Å². The van der Waals surface area contributed by atoms with Gasteiger partial charge in [0.05, 0.1) is 17.7 Å². The second kappa shape index (κ2) is 11.9. The lowest BCUT2D eigenvalue weighted by molar-refractivity contribution is 0.0951. The summed E-state index contributed by atoms with van der Waals surface area (Å²) < 4.78 is 32.6. The monoisotopic (exact) mass is 495 g/mol. The molecular formula is C27H33N3O4S. The lowest BCUT2D eigenvalue weighted by Crippen LogP contribution is -2.27. The third-order valence-corrected chi connectivity index (χ3v) is 7.76. The SMILES string of the molecule is CCN(CC)Cc1ccc(CNC(=O)c2ccc(S(=O)(=O)N(C)c3ccccc3OC)cc2)cc1. The molecular weight excluding hydrogens is 462 g/mol. The normalized spacial score (nSPS) is 11.3. The first-order valence-corrected chi connectivity index (χ1v) is 13.0. The Morgan fingerprint density at radius 1 is 0.886 bits per heavy atom. The molecule has 3 rings (SSSR count). The molecule has 0 spiro atoms. The number of ether oxygens (including phenoxy) is 1. The van der Waals surface area contributed by atoms with Gasteiger partial charge in [-0.1, -0.05) is 50.2 Å². The van der Waals surface area contributed by atoms with E-state index in [2.05, 4.69) is 36.2 Å². The van der Waals surface area contributed by atoms with Crippen LogP contribution in [0.5, 0.6) is 5.75 Å². The minimum atomic E-state index is -3.82. The van der Waals surface area contributed by atoms with E-state index in [9.17, 15) is 13.2 Å². The fourth-order valence-electron chi connectivity index (χ4n) is 3.71. The Bertz CT molecular complexity index is 1220. The molecule has 0 fully saturated rings. The van der Waals surface area contributed by atoms with Gasteiger partial charge >= 0.3 is 0 Å². The van der Waals surface area contributed by atoms with E-state index in [0.29, 0.717) is 23.5 Å². The van der Waals surface area contributed by atoms with Gasteiger partial charge in [-0.3, -0.25) is 14.0 Å². The van der Waals surface area contributed by atoms with Crippen LogP contribution in [0.2, 0.25) is 0 Å². The van der Waals surface area contributed by atoms with Crippen LogP contribution < -0.4 is 14.4 Å². The fraction of sp³-hybridized carbons (Fsp3) is 0.296. The molecule has 0 saturated carbocycles. The van der Waals surface area contributed by atoms with E-state index in [4.69, 9.17) is 4.74 Å². The predicted molar refractivity (Wildman–Crippen MR) is 139 cm³/mol. The van der Waals surface area contributed by atoms with Gasteiger partial charge in [0.2, 0.25) is 0 Å². The molecule has 0 aliphatic carbocycles. The maximum Gasteiger partial charge on any atom is 0.264 e. The van der Waals surface area contributed by atoms with Crippen molar-refractivity contribution < 1.29 is 17.9 Å². The molecule has 1 amide bonds. The number of rotatable bonds is 11. The molecule has 7 nitrogen and oxygen atoms in total. The summed E-state index contributed by atoms with van der Waals surface area (Å²) in [6.45, 7) is 7.60. The molecule has 0 atom stereocenters. The van der Waals surface area contributed by atoms with E-state index in [-0.39, 0.29) is 10.8 Å². The molecule has 8 heteroatoms. The first-order chi connectivity index (χ1) is 16.8. The number of sulfonamides is 1. The van der Waals surface area contributed by atoms with E-state index in [1.54, 1.807) is 24.3 Å². The Hall–Kier alpha value is -3.36. The van der Waals surface area contributed by atoms with Gasteiger partial charge in [-0.25, -0.2) is 8.42 Å². The summed E-state index contributed by atoms with van der Waals surface area (Å²) in [7, 11) is -0.854. The van der Waals surface area contributed by atoms with E-state index in [1.807, 2.05) is 12.1 Å². The number of para-hydroxylation sites is 2. The number of hydrogen-bond acceptors (Lipinski definition) is 5. The van der Waals surface area contributed by atoms with Crippen LogP contribution in [-0.4, -0.2) is 46.5 Å². The van der Waals surface area contributed by atoms with Gasteiger partial charge in [-0.05, 0) is 60.6 Å². The van der Waals surface area contributed by atoms with Crippen LogP contribution >= 0.6 is 0 Å². The number of nitrogens with one attached hydrogen (secondary N) is 1. The first-order valence-electron chi connectivity index (χ1n) is 11.6. The number of amides is 1. The Labute approximate surface area is 208 Å². The third-order valence-electron chi connectivity index (χ3n) is 5.98. The quantitative estimate of drug-likeness (QED) is 0.429. The highest BCUT2D eigenvalue weighted by atomic mass is 32.2. The molecule has 1 N–H and O–H groups in total. The van der Waals surface area contributed by atoms with Crippen molar-refractivity contribution >= 4 is 21.6 Å². The summed E-state index contributed by atoms with van der Waals surface area (Å²) >= 11 is 0. The number of hydrogen-bond donors (Lipinski definition) is 1. The highest BCUT2D eigenvalue weighted by Gasteiger charge is 2.24. The summed E-state index contributed by atoms with van der Waals surface area (Å²) in [4.78, 5) is 15.0. The van der Waals surface area contributed by atoms with Crippen LogP contribution in [-0.2, 0) is 23.1 Å². The molecule has 35 heavy (non-hydrogen) atoms. The van der Waals surface area contributed by atoms with Crippen molar-refractivity contribution in [2.45, 2.75) is 31.8 Å². The van der Waals surface area contributed by atoms with Crippen LogP contribution in [0.3, 0.4) is 0 Å². The van der Waals surface area contributed by atoms with Gasteiger partial charge in [0.25, 0.3) is 15.9 Å². The Morgan fingerprint density at radius 3 is 2.09 bits per heavy atom. The molecule has 0 aliphatic heterocycles. The Kier molecular flexibility index (Phi) is 8.89. The molecule has 186 valence electrons. The van der Waals surface area contributed by atoms with E-state index in [1.165, 1.54) is 48.3 Å². The van der Waals surface area contributed by atoms with Crippen molar-refractivity contribution in [3.8, 4) is 5.75 Å². The second-order valence-electron chi connectivity index (χ2n) is 8.13. The number of anilines is 1. The highest BCUT2D eigenvalue weighted by Crippen LogP contribution is 2.30. The van der Waals surface area contributed by atoms with Crippen molar-refractivity contribution in [3.05, 3.63) is 89.5 Å². The lowest BCUT2D eigenvalue weighted by Gasteiger charge is -2.21. The zero-order valence-electron chi connectivity index (χ0n) is 20.7. The largest absolute Gasteiger partial charge is 0.495 e. The standard InChI is InChI=1S/C27H33N3O4S/c1-5-30(6-2)20-22-13-11-21(12-14-22)19-28-27(31)23-15-17-24(18-16-23)35(32,33)29(3)25-9-7-8-10-26(25)34-4/h7-18H,5-6,19-20H2,1-4H3,(H,28,31). The summed E-state index contributed by atoms with van der Waals surface area (Å²) in [5.41, 5.74) is 3.06. The van der Waals surface area contributed by atoms with Gasteiger partial charge in [-0.2, -0.15) is 0 Å². The topological polar surface area (TPSA) is 79.0 Å². The zero-order valence-corrected chi connectivity index (χ0v) is 21.5. The molecule has 0 unspecified atom stereocenters. The number of carbonyl (C=O) groups excluding carboxylic acids is 1. The van der Waals surface area contributed by atoms with Crippen LogP contribution in [0.25, 0.3) is 0 Å². The first kappa shape index (κ1) is 26.2. The molecule has 0 aliphatic rings. The summed E-state index contributed by atoms with van der Waals surface area (Å²) in [6, 6.07) is 21.0. The van der Waals surface area contributed by atoms with Crippen molar-refractivity contribution in [2.75, 3.05) is 31.6 Å². The molecule has 3 aromatic carbocycles. The van der Waals surface area contributed by atoms with E-state index in [0.717, 1.165) is 25.2 Å². The molecule has 0 bridgehead atoms. The number of carbonyl (C=O) groups is 1. The summed E-state index contributed by atoms with van der Waals surface area (Å²) in [5, 5.41) is 2.89. The third kappa shape index (κ3) is 6.41. The average Bonchev–Trinajstić information content (AvgIpc) is 2.90. The Morgan fingerprint density at radius 2 is 1.49 bits per heavy atom. The summed E-state index contributed by atoms with van der Waals surface area (Å²) in [5.74, 6) is 0.190. The average molecular weight is 496 g/mol. The maximum absolute atomic E-state index is 13.1. The predicted octanol–water partition coefficient (Wildman–Crippen LogP) is 4.29. The smallest absolute Gasteiger partial charge is 0.264 e. The molecule has 0 radical (unpaired) electrons. The van der Waals surface area contributed by atoms with Crippen molar-refractivity contribution in [3.63, 3.8) is 0 Å². The van der Waals surface area contributed by atoms with Crippen LogP contribution in [0.1, 0.15) is 35.3 Å². The molecule has 0 heterocycles. The van der Waals surface area contributed by atoms with E-state index < -0.39 is 10.0 Å². The zero-order chi connectivity index (χ0) is 25.4. The second-order valence-corrected chi connectivity index (χ2v) is 10.1. The lowest BCUT2D eigenvalue weighted by atomic mass is 10.1. The number of methoxy groups -OCH3 is 1. The van der Waals surface area contributed by atoms with Crippen LogP contribution in [0.4, 0.5) is 5.69 Å². The van der Waals surface area contributed by atoms with Gasteiger partial charge < -0.3 is 10.1 Å². The van der Waals surface area contributed by atoms with Crippen LogP contribution in [0, 0.1) is 0 Å². The molecule has 3 aromatic rings. The van der Waals surface area contributed by atoms with Crippen molar-refractivity contribution in [2.24, 2.45) is 0 Å². The minimum absolute atomic E-state index is 0.0891. The van der Waals surface area contributed by atoms with Crippen molar-refractivity contribution in [1.29, 1.82) is 0 Å². The molecule has 0 saturated heterocycles. The minimum Gasteiger partial charge on any atom is -0.495 e. The van der Waals surface area contributed by atoms with Gasteiger partial charge in [0.15, 0.2) is 0 Å². The van der Waals surface area contributed by atoms with Gasteiger partial charge in [-0.15, -0.1) is 0 Å². The van der Waals surface area contributed by atoms with E-state index >= 15 is 0 Å². The van der Waals surface area contributed by atoms with Crippen LogP contribution in [0.15, 0.2) is 77.7 Å². The Balaban J connectivity index is 1.63. The fourth-order valence-corrected chi connectivity index (χ4v) is 4.91. The highest BCUT2D eigenvalue weighted by molar-refractivity contribution is 7.92. The maximum atomic E-state index is 13.1. The summed E-state index contributed by atoms with van der Waals surface area (Å²) in [6.07, 6.45) is 0. The molecule has 0 aromatic heterocycles. The number of nitrogens with zero attached hydrogens (tertiary/aromatic N) is 2. The van der Waals surface area contributed by atoms with Crippen molar-refractivity contribution in [1.82, 2.24) is 10.2 Å².